The molecule has 0 fully saturated rings. The largest absolute Gasteiger partial charge is 0.493 e. The Labute approximate surface area is 168 Å². The van der Waals surface area contributed by atoms with Gasteiger partial charge in [0.1, 0.15) is 5.82 Å². The van der Waals surface area contributed by atoms with Crippen LogP contribution in [0.3, 0.4) is 0 Å². The van der Waals surface area contributed by atoms with E-state index in [2.05, 4.69) is 20.4 Å². The molecule has 1 heterocycles. The van der Waals surface area contributed by atoms with E-state index >= 15 is 0 Å². The van der Waals surface area contributed by atoms with E-state index in [-0.39, 0.29) is 30.4 Å². The molecule has 6 nitrogen and oxygen atoms in total. The maximum Gasteiger partial charge on any atom is 0.419 e. The van der Waals surface area contributed by atoms with Crippen molar-refractivity contribution in [1.29, 1.82) is 0 Å². The summed E-state index contributed by atoms with van der Waals surface area (Å²) in [7, 11) is 1.28. The minimum atomic E-state index is -4.54. The monoisotopic (exact) mass is 431 g/mol. The van der Waals surface area contributed by atoms with Crippen molar-refractivity contribution in [1.82, 2.24) is 10.3 Å². The molecule has 2 rings (SSSR count). The van der Waals surface area contributed by atoms with Crippen molar-refractivity contribution in [2.45, 2.75) is 12.8 Å². The summed E-state index contributed by atoms with van der Waals surface area (Å²) in [6, 6.07) is 6.22. The zero-order valence-electron chi connectivity index (χ0n) is 15.7. The number of nitrogens with one attached hydrogen (secondary N) is 2. The molecule has 0 aliphatic heterocycles. The first kappa shape index (κ1) is 22.9. The Balaban J connectivity index is 1.86. The van der Waals surface area contributed by atoms with Crippen LogP contribution in [0.2, 0.25) is 0 Å². The van der Waals surface area contributed by atoms with E-state index in [1.807, 2.05) is 0 Å². The number of anilines is 1. The van der Waals surface area contributed by atoms with E-state index in [1.165, 1.54) is 49.7 Å². The van der Waals surface area contributed by atoms with Crippen molar-refractivity contribution >= 4 is 17.8 Å². The minimum Gasteiger partial charge on any atom is -0.493 e. The molecule has 0 radical (unpaired) electrons. The maximum absolute atomic E-state index is 12.9. The average Bonchev–Trinajstić information content (AvgIpc) is 2.69. The Kier molecular flexibility index (Phi) is 7.96. The molecule has 30 heavy (non-hydrogen) atoms. The summed E-state index contributed by atoms with van der Waals surface area (Å²) in [5.41, 5.74) is -0.408. The molecule has 0 bridgehead atoms. The molecule has 1 aromatic carbocycles. The van der Waals surface area contributed by atoms with E-state index in [0.29, 0.717) is 5.56 Å². The second-order valence-corrected chi connectivity index (χ2v) is 5.74. The summed E-state index contributed by atoms with van der Waals surface area (Å²) < 4.78 is 72.5. The smallest absolute Gasteiger partial charge is 0.419 e. The van der Waals surface area contributed by atoms with Crippen LogP contribution >= 0.6 is 0 Å². The van der Waals surface area contributed by atoms with E-state index in [9.17, 15) is 26.7 Å². The summed E-state index contributed by atoms with van der Waals surface area (Å²) in [6.45, 7) is -2.94. The third-order valence-corrected chi connectivity index (χ3v) is 3.66. The van der Waals surface area contributed by atoms with Crippen LogP contribution in [0.4, 0.5) is 27.8 Å². The van der Waals surface area contributed by atoms with Crippen LogP contribution in [0.15, 0.2) is 42.6 Å². The Morgan fingerprint density at radius 2 is 1.97 bits per heavy atom. The lowest BCUT2D eigenvalue weighted by atomic mass is 10.2. The molecular formula is C19H18F5N3O3. The van der Waals surface area contributed by atoms with Crippen LogP contribution in [0.25, 0.3) is 6.08 Å². The van der Waals surface area contributed by atoms with Crippen molar-refractivity contribution in [3.63, 3.8) is 0 Å². The van der Waals surface area contributed by atoms with E-state index in [1.54, 1.807) is 0 Å². The van der Waals surface area contributed by atoms with Gasteiger partial charge in [0.05, 0.1) is 12.7 Å². The third-order valence-electron chi connectivity index (χ3n) is 3.66. The third kappa shape index (κ3) is 6.90. The van der Waals surface area contributed by atoms with Gasteiger partial charge in [-0.3, -0.25) is 4.79 Å². The van der Waals surface area contributed by atoms with Crippen LogP contribution in [0.5, 0.6) is 11.5 Å². The lowest BCUT2D eigenvalue weighted by Gasteiger charge is -2.13. The van der Waals surface area contributed by atoms with Crippen LogP contribution in [-0.4, -0.2) is 37.7 Å². The topological polar surface area (TPSA) is 72.5 Å². The first-order chi connectivity index (χ1) is 14.2. The van der Waals surface area contributed by atoms with Gasteiger partial charge in [0.2, 0.25) is 5.91 Å². The number of halogens is 5. The highest BCUT2D eigenvalue weighted by Gasteiger charge is 2.33. The molecule has 0 saturated heterocycles. The zero-order valence-corrected chi connectivity index (χ0v) is 15.7. The zero-order chi connectivity index (χ0) is 22.1. The fraction of sp³-hybridized carbons (Fsp3) is 0.263. The Bertz CT molecular complexity index is 888. The van der Waals surface area contributed by atoms with Gasteiger partial charge in [0.15, 0.2) is 11.5 Å². The van der Waals surface area contributed by atoms with Crippen LogP contribution in [-0.2, 0) is 11.0 Å². The predicted molar refractivity (Wildman–Crippen MR) is 99.4 cm³/mol. The van der Waals surface area contributed by atoms with Crippen molar-refractivity contribution in [2.75, 3.05) is 25.5 Å². The van der Waals surface area contributed by atoms with Gasteiger partial charge in [-0.25, -0.2) is 4.98 Å². The molecule has 0 spiro atoms. The number of amides is 1. The molecule has 2 aromatic rings. The lowest BCUT2D eigenvalue weighted by molar-refractivity contribution is -0.137. The number of carbonyl (C=O) groups is 1. The minimum absolute atomic E-state index is 0.0210. The number of aromatic nitrogens is 1. The maximum atomic E-state index is 12.9. The van der Waals surface area contributed by atoms with Crippen LogP contribution in [0, 0.1) is 0 Å². The Morgan fingerprint density at radius 1 is 1.20 bits per heavy atom. The van der Waals surface area contributed by atoms with Gasteiger partial charge in [-0.05, 0) is 35.9 Å². The van der Waals surface area contributed by atoms with E-state index in [0.717, 1.165) is 6.07 Å². The Hall–Kier alpha value is -3.37. The normalized spacial score (nSPS) is 11.6. The summed E-state index contributed by atoms with van der Waals surface area (Å²) in [5.74, 6) is -0.903. The molecule has 11 heteroatoms. The molecule has 2 N–H and O–H groups in total. The second-order valence-electron chi connectivity index (χ2n) is 5.74. The van der Waals surface area contributed by atoms with Crippen LogP contribution < -0.4 is 20.1 Å². The van der Waals surface area contributed by atoms with Gasteiger partial charge in [0, 0.05) is 25.4 Å². The molecule has 0 atom stereocenters. The van der Waals surface area contributed by atoms with E-state index < -0.39 is 24.3 Å². The summed E-state index contributed by atoms with van der Waals surface area (Å²) in [5, 5.41) is 5.02. The Morgan fingerprint density at radius 3 is 2.63 bits per heavy atom. The van der Waals surface area contributed by atoms with Gasteiger partial charge in [0.25, 0.3) is 0 Å². The van der Waals surface area contributed by atoms with Crippen molar-refractivity contribution in [2.24, 2.45) is 0 Å². The fourth-order valence-electron chi connectivity index (χ4n) is 2.35. The standard InChI is InChI=1S/C19H18F5N3O3/c1-29-15-11-12(4-6-14(15)30-18(20)21)5-7-16(28)25-9-10-27-17-13(19(22,23)24)3-2-8-26-17/h2-8,11,18H,9-10H2,1H3,(H,25,28)(H,26,27)/b7-5+. The number of hydrogen-bond donors (Lipinski definition) is 2. The molecule has 0 aliphatic carbocycles. The predicted octanol–water partition coefficient (Wildman–Crippen LogP) is 3.95. The number of rotatable bonds is 9. The number of carbonyl (C=O) groups excluding carboxylic acids is 1. The first-order valence-electron chi connectivity index (χ1n) is 8.55. The summed E-state index contributed by atoms with van der Waals surface area (Å²) in [4.78, 5) is 15.5. The van der Waals surface area contributed by atoms with Gasteiger partial charge in [-0.1, -0.05) is 6.07 Å². The quantitative estimate of drug-likeness (QED) is 0.357. The molecule has 162 valence electrons. The number of pyridine rings is 1. The van der Waals surface area contributed by atoms with Gasteiger partial charge in [-0.15, -0.1) is 0 Å². The van der Waals surface area contributed by atoms with Crippen molar-refractivity contribution in [3.8, 4) is 11.5 Å². The molecule has 0 saturated carbocycles. The van der Waals surface area contributed by atoms with Gasteiger partial charge < -0.3 is 20.1 Å². The average molecular weight is 431 g/mol. The van der Waals surface area contributed by atoms with E-state index in [4.69, 9.17) is 4.74 Å². The fourth-order valence-corrected chi connectivity index (χ4v) is 2.35. The lowest BCUT2D eigenvalue weighted by Crippen LogP contribution is -2.27. The van der Waals surface area contributed by atoms with Crippen molar-refractivity contribution < 1.29 is 36.2 Å². The molecule has 1 amide bonds. The number of ether oxygens (including phenoxy) is 2. The second kappa shape index (κ2) is 10.4. The summed E-state index contributed by atoms with van der Waals surface area (Å²) >= 11 is 0. The van der Waals surface area contributed by atoms with Gasteiger partial charge in [-0.2, -0.15) is 22.0 Å². The molecule has 0 unspecified atom stereocenters. The molecular weight excluding hydrogens is 413 g/mol. The summed E-state index contributed by atoms with van der Waals surface area (Å²) in [6.07, 6.45) is -0.716. The highest BCUT2D eigenvalue weighted by atomic mass is 19.4. The number of hydrogen-bond acceptors (Lipinski definition) is 5. The van der Waals surface area contributed by atoms with Crippen molar-refractivity contribution in [3.05, 3.63) is 53.7 Å². The number of nitrogens with zero attached hydrogens (tertiary/aromatic N) is 1. The highest BCUT2D eigenvalue weighted by molar-refractivity contribution is 5.91. The highest BCUT2D eigenvalue weighted by Crippen LogP contribution is 2.33. The molecule has 0 aliphatic rings. The SMILES string of the molecule is COc1cc(/C=C/C(=O)NCCNc2ncccc2C(F)(F)F)ccc1OC(F)F. The number of methoxy groups -OCH3 is 1. The van der Waals surface area contributed by atoms with Gasteiger partial charge >= 0.3 is 12.8 Å². The first-order valence-corrected chi connectivity index (χ1v) is 8.55. The number of alkyl halides is 5. The molecule has 1 aromatic heterocycles. The number of benzene rings is 1. The van der Waals surface area contributed by atoms with Crippen LogP contribution in [0.1, 0.15) is 11.1 Å².